The second kappa shape index (κ2) is 71.6. The lowest BCUT2D eigenvalue weighted by Crippen LogP contribution is -2.30. The van der Waals surface area contributed by atoms with Gasteiger partial charge in [-0.25, -0.2) is 0 Å². The molecule has 0 aromatic heterocycles. The molecule has 0 bridgehead atoms. The van der Waals surface area contributed by atoms with E-state index in [1.165, 1.54) is 340 Å². The lowest BCUT2D eigenvalue weighted by molar-refractivity contribution is -0.167. The van der Waals surface area contributed by atoms with Gasteiger partial charge in [0.05, 0.1) is 0 Å². The van der Waals surface area contributed by atoms with Gasteiger partial charge in [-0.1, -0.05) is 386 Å². The zero-order valence-corrected chi connectivity index (χ0v) is 56.1. The first-order valence-electron chi connectivity index (χ1n) is 37.7. The maximum atomic E-state index is 13.0. The topological polar surface area (TPSA) is 78.9 Å². The Morgan fingerprint density at radius 3 is 0.610 bits per heavy atom. The number of hydrogen-bond acceptors (Lipinski definition) is 6. The molecule has 0 heterocycles. The molecule has 0 aliphatic rings. The summed E-state index contributed by atoms with van der Waals surface area (Å²) in [5, 5.41) is 0. The van der Waals surface area contributed by atoms with Crippen LogP contribution in [0.1, 0.15) is 438 Å². The van der Waals surface area contributed by atoms with Crippen molar-refractivity contribution in [3.63, 3.8) is 0 Å². The maximum Gasteiger partial charge on any atom is 0.306 e. The summed E-state index contributed by atoms with van der Waals surface area (Å²) in [6.07, 6.45) is 86.8. The molecule has 0 aliphatic carbocycles. The number of hydrogen-bond donors (Lipinski definition) is 0. The number of unbranched alkanes of at least 4 members (excludes halogenated alkanes) is 58. The highest BCUT2D eigenvalue weighted by atomic mass is 16.6. The van der Waals surface area contributed by atoms with Crippen molar-refractivity contribution in [2.24, 2.45) is 0 Å². The van der Waals surface area contributed by atoms with E-state index in [0.29, 0.717) is 19.3 Å². The van der Waals surface area contributed by atoms with Gasteiger partial charge in [0.15, 0.2) is 6.10 Å². The van der Waals surface area contributed by atoms with E-state index < -0.39 is 6.10 Å². The molecular weight excluding hydrogens is 1010 g/mol. The fraction of sp³-hybridized carbons (Fsp3) is 0.934. The minimum absolute atomic E-state index is 0.0635. The molecule has 0 amide bonds. The molecule has 0 aromatic carbocycles. The van der Waals surface area contributed by atoms with Crippen molar-refractivity contribution in [3.8, 4) is 0 Å². The molecule has 0 aliphatic heterocycles. The van der Waals surface area contributed by atoms with E-state index in [1.807, 2.05) is 0 Å². The summed E-state index contributed by atoms with van der Waals surface area (Å²) in [5.41, 5.74) is 0. The van der Waals surface area contributed by atoms with Crippen LogP contribution in [-0.2, 0) is 28.6 Å². The Bertz CT molecular complexity index is 1280. The van der Waals surface area contributed by atoms with Crippen LogP contribution in [0.3, 0.4) is 0 Å². The average Bonchev–Trinajstić information content (AvgIpc) is 3.47. The van der Waals surface area contributed by atoms with E-state index in [4.69, 9.17) is 14.2 Å². The van der Waals surface area contributed by atoms with Crippen LogP contribution in [0.2, 0.25) is 0 Å². The molecule has 0 radical (unpaired) electrons. The van der Waals surface area contributed by atoms with E-state index >= 15 is 0 Å². The van der Waals surface area contributed by atoms with Gasteiger partial charge in [0.1, 0.15) is 13.2 Å². The second-order valence-corrected chi connectivity index (χ2v) is 25.9. The summed E-state index contributed by atoms with van der Waals surface area (Å²) >= 11 is 0. The van der Waals surface area contributed by atoms with Crippen LogP contribution in [-0.4, -0.2) is 37.2 Å². The summed E-state index contributed by atoms with van der Waals surface area (Å²) < 4.78 is 17.0. The van der Waals surface area contributed by atoms with Crippen LogP contribution >= 0.6 is 0 Å². The van der Waals surface area contributed by atoms with E-state index in [9.17, 15) is 14.4 Å². The maximum absolute atomic E-state index is 13.0. The highest BCUT2D eigenvalue weighted by molar-refractivity contribution is 5.71. The Labute approximate surface area is 513 Å². The first-order valence-corrected chi connectivity index (χ1v) is 37.7. The molecule has 486 valence electrons. The third-order valence-corrected chi connectivity index (χ3v) is 17.5. The lowest BCUT2D eigenvalue weighted by Gasteiger charge is -2.18. The van der Waals surface area contributed by atoms with Gasteiger partial charge in [0.2, 0.25) is 0 Å². The van der Waals surface area contributed by atoms with Gasteiger partial charge < -0.3 is 14.2 Å². The molecule has 0 rings (SSSR count). The van der Waals surface area contributed by atoms with Gasteiger partial charge in [-0.3, -0.25) is 14.4 Å². The van der Waals surface area contributed by atoms with Crippen LogP contribution in [0.4, 0.5) is 0 Å². The first kappa shape index (κ1) is 80.2. The molecule has 6 nitrogen and oxygen atoms in total. The molecule has 0 saturated heterocycles. The zero-order chi connectivity index (χ0) is 59.2. The summed E-state index contributed by atoms with van der Waals surface area (Å²) in [4.78, 5) is 38.5. The molecule has 6 heteroatoms. The largest absolute Gasteiger partial charge is 0.462 e. The van der Waals surface area contributed by atoms with Crippen molar-refractivity contribution < 1.29 is 28.6 Å². The van der Waals surface area contributed by atoms with Crippen molar-refractivity contribution in [1.82, 2.24) is 0 Å². The summed E-state index contributed by atoms with van der Waals surface area (Å²) in [5.74, 6) is -0.825. The van der Waals surface area contributed by atoms with E-state index in [0.717, 1.165) is 57.8 Å². The van der Waals surface area contributed by atoms with Crippen LogP contribution in [0.5, 0.6) is 0 Å². The van der Waals surface area contributed by atoms with Gasteiger partial charge in [0.25, 0.3) is 0 Å². The predicted octanol–water partition coefficient (Wildman–Crippen LogP) is 26.0. The lowest BCUT2D eigenvalue weighted by atomic mass is 10.0. The summed E-state index contributed by atoms with van der Waals surface area (Å²) in [6.45, 7) is 6.74. The van der Waals surface area contributed by atoms with Gasteiger partial charge in [-0.2, -0.15) is 0 Å². The molecule has 82 heavy (non-hydrogen) atoms. The van der Waals surface area contributed by atoms with Crippen molar-refractivity contribution in [1.29, 1.82) is 0 Å². The number of ether oxygens (including phenoxy) is 3. The van der Waals surface area contributed by atoms with Crippen molar-refractivity contribution in [2.45, 2.75) is 444 Å². The quantitative estimate of drug-likeness (QED) is 0.0261. The summed E-state index contributed by atoms with van der Waals surface area (Å²) in [6, 6.07) is 0. The number of esters is 3. The highest BCUT2D eigenvalue weighted by Gasteiger charge is 2.20. The molecular formula is C76H146O6. The standard InChI is InChI=1S/C76H146O6/c1-4-7-10-13-16-19-22-25-28-31-34-35-36-37-38-39-40-41-43-45-48-51-54-57-60-63-66-69-75(78)81-72-73(71-80-74(77)68-65-62-59-56-53-50-47-44-33-30-27-24-21-18-15-12-9-6-3)82-76(79)70-67-64-61-58-55-52-49-46-42-32-29-26-23-20-17-14-11-8-5-2/h26,29,73H,4-25,27-28,30-72H2,1-3H3/b29-26-. The molecule has 0 fully saturated rings. The van der Waals surface area contributed by atoms with Crippen LogP contribution < -0.4 is 0 Å². The molecule has 0 spiro atoms. The Kier molecular flexibility index (Phi) is 70.0. The molecule has 0 saturated carbocycles. The number of carbonyl (C=O) groups excluding carboxylic acids is 3. The average molecular weight is 1160 g/mol. The molecule has 1 unspecified atom stereocenters. The van der Waals surface area contributed by atoms with Gasteiger partial charge in [-0.05, 0) is 44.9 Å². The SMILES string of the molecule is CCCCCCCC/C=C\CCCCCCCCCCCC(=O)OC(COC(=O)CCCCCCCCCCCCCCCCCCCC)COC(=O)CCCCCCCCCCCCCCCCCCCCCCCCCCCCC. The van der Waals surface area contributed by atoms with Crippen LogP contribution in [0, 0.1) is 0 Å². The third kappa shape index (κ3) is 68.9. The fourth-order valence-corrected chi connectivity index (χ4v) is 11.9. The number of allylic oxidation sites excluding steroid dienone is 2. The van der Waals surface area contributed by atoms with Gasteiger partial charge in [-0.15, -0.1) is 0 Å². The minimum atomic E-state index is -0.768. The van der Waals surface area contributed by atoms with Crippen molar-refractivity contribution >= 4 is 17.9 Å². The second-order valence-electron chi connectivity index (χ2n) is 25.9. The smallest absolute Gasteiger partial charge is 0.306 e. The molecule has 0 aromatic rings. The highest BCUT2D eigenvalue weighted by Crippen LogP contribution is 2.20. The van der Waals surface area contributed by atoms with Crippen LogP contribution in [0.15, 0.2) is 12.2 Å². The van der Waals surface area contributed by atoms with E-state index in [2.05, 4.69) is 32.9 Å². The zero-order valence-electron chi connectivity index (χ0n) is 56.1. The molecule has 0 N–H and O–H groups in total. The molecule has 1 atom stereocenters. The Balaban J connectivity index is 4.23. The Hall–Kier alpha value is -1.85. The Morgan fingerprint density at radius 2 is 0.402 bits per heavy atom. The number of rotatable bonds is 71. The van der Waals surface area contributed by atoms with Crippen molar-refractivity contribution in [2.75, 3.05) is 13.2 Å². The summed E-state index contributed by atoms with van der Waals surface area (Å²) in [7, 11) is 0. The van der Waals surface area contributed by atoms with Crippen molar-refractivity contribution in [3.05, 3.63) is 12.2 Å². The predicted molar refractivity (Wildman–Crippen MR) is 358 cm³/mol. The first-order chi connectivity index (χ1) is 40.5. The fourth-order valence-electron chi connectivity index (χ4n) is 11.9. The van der Waals surface area contributed by atoms with Gasteiger partial charge >= 0.3 is 17.9 Å². The number of carbonyl (C=O) groups is 3. The minimum Gasteiger partial charge on any atom is -0.462 e. The van der Waals surface area contributed by atoms with Crippen LogP contribution in [0.25, 0.3) is 0 Å². The van der Waals surface area contributed by atoms with Gasteiger partial charge in [0, 0.05) is 19.3 Å². The third-order valence-electron chi connectivity index (χ3n) is 17.5. The Morgan fingerprint density at radius 1 is 0.232 bits per heavy atom. The normalized spacial score (nSPS) is 12.0. The monoisotopic (exact) mass is 1160 g/mol. The van der Waals surface area contributed by atoms with E-state index in [-0.39, 0.29) is 31.1 Å². The van der Waals surface area contributed by atoms with E-state index in [1.54, 1.807) is 0 Å².